The number of methoxy groups -OCH3 is 1. The molecule has 0 saturated carbocycles. The summed E-state index contributed by atoms with van der Waals surface area (Å²) in [5.41, 5.74) is 0.915. The van der Waals surface area contributed by atoms with Crippen LogP contribution in [0.3, 0.4) is 0 Å². The Balaban J connectivity index is 1.55. The topological polar surface area (TPSA) is 44.8 Å². The van der Waals surface area contributed by atoms with Crippen LogP contribution in [0.1, 0.15) is 44.1 Å². The van der Waals surface area contributed by atoms with Gasteiger partial charge in [-0.25, -0.2) is 9.18 Å². The number of benzene rings is 1. The van der Waals surface area contributed by atoms with Gasteiger partial charge in [0.1, 0.15) is 5.82 Å². The van der Waals surface area contributed by atoms with Gasteiger partial charge in [-0.1, -0.05) is 25.0 Å². The first-order chi connectivity index (χ1) is 13.2. The van der Waals surface area contributed by atoms with E-state index in [-0.39, 0.29) is 17.9 Å². The van der Waals surface area contributed by atoms with E-state index in [4.69, 9.17) is 4.74 Å². The fourth-order valence-corrected chi connectivity index (χ4v) is 4.14. The highest BCUT2D eigenvalue weighted by atomic mass is 19.1. The van der Waals surface area contributed by atoms with Crippen molar-refractivity contribution in [2.24, 2.45) is 0 Å². The standard InChI is InChI=1S/C21H32FN3O2/c1-27-20-10-13-24(14-11-20)16-19-5-3-2-4-12-25(19)21(26)23-15-17-6-8-18(22)9-7-17/h6-9,19-20H,2-5,10-16H2,1H3,(H,23,26). The van der Waals surface area contributed by atoms with Gasteiger partial charge in [0.05, 0.1) is 6.10 Å². The Kier molecular flexibility index (Phi) is 7.47. The summed E-state index contributed by atoms with van der Waals surface area (Å²) < 4.78 is 18.5. The molecule has 2 saturated heterocycles. The fourth-order valence-electron chi connectivity index (χ4n) is 4.14. The maximum absolute atomic E-state index is 13.0. The van der Waals surface area contributed by atoms with Crippen molar-refractivity contribution in [2.45, 2.75) is 57.2 Å². The van der Waals surface area contributed by atoms with Crippen LogP contribution in [0.25, 0.3) is 0 Å². The number of hydrogen-bond acceptors (Lipinski definition) is 3. The van der Waals surface area contributed by atoms with Crippen molar-refractivity contribution in [3.05, 3.63) is 35.6 Å². The van der Waals surface area contributed by atoms with Gasteiger partial charge >= 0.3 is 6.03 Å². The van der Waals surface area contributed by atoms with E-state index in [9.17, 15) is 9.18 Å². The van der Waals surface area contributed by atoms with E-state index in [0.29, 0.717) is 12.6 Å². The van der Waals surface area contributed by atoms with Crippen molar-refractivity contribution in [2.75, 3.05) is 33.3 Å². The molecular formula is C21H32FN3O2. The van der Waals surface area contributed by atoms with Crippen LogP contribution in [0.5, 0.6) is 0 Å². The van der Waals surface area contributed by atoms with Crippen molar-refractivity contribution < 1.29 is 13.9 Å². The van der Waals surface area contributed by atoms with Gasteiger partial charge < -0.3 is 19.9 Å². The van der Waals surface area contributed by atoms with Gasteiger partial charge in [0.25, 0.3) is 0 Å². The number of carbonyl (C=O) groups is 1. The molecule has 0 aliphatic carbocycles. The van der Waals surface area contributed by atoms with Crippen LogP contribution in [-0.2, 0) is 11.3 Å². The quantitative estimate of drug-likeness (QED) is 0.855. The minimum atomic E-state index is -0.255. The molecule has 3 rings (SSSR count). The Bertz CT molecular complexity index is 588. The van der Waals surface area contributed by atoms with Gasteiger partial charge in [0.2, 0.25) is 0 Å². The second kappa shape index (κ2) is 10.0. The monoisotopic (exact) mass is 377 g/mol. The number of piperidine rings is 1. The average molecular weight is 378 g/mol. The smallest absolute Gasteiger partial charge is 0.317 e. The minimum Gasteiger partial charge on any atom is -0.381 e. The predicted molar refractivity (Wildman–Crippen MR) is 104 cm³/mol. The third-order valence-corrected chi connectivity index (χ3v) is 5.83. The molecule has 1 aromatic carbocycles. The summed E-state index contributed by atoms with van der Waals surface area (Å²) in [5, 5.41) is 3.03. The average Bonchev–Trinajstić information content (AvgIpc) is 2.93. The molecule has 0 radical (unpaired) electrons. The van der Waals surface area contributed by atoms with E-state index in [1.807, 2.05) is 4.90 Å². The van der Waals surface area contributed by atoms with E-state index in [0.717, 1.165) is 57.4 Å². The fraction of sp³-hybridized carbons (Fsp3) is 0.667. The summed E-state index contributed by atoms with van der Waals surface area (Å²) in [7, 11) is 1.79. The molecule has 2 amide bonds. The third-order valence-electron chi connectivity index (χ3n) is 5.83. The van der Waals surface area contributed by atoms with E-state index in [1.165, 1.54) is 25.0 Å². The number of nitrogens with one attached hydrogen (secondary N) is 1. The van der Waals surface area contributed by atoms with Gasteiger partial charge in [0.15, 0.2) is 0 Å². The zero-order valence-corrected chi connectivity index (χ0v) is 16.3. The van der Waals surface area contributed by atoms with E-state index in [2.05, 4.69) is 10.2 Å². The first kappa shape index (κ1) is 20.1. The molecule has 1 unspecified atom stereocenters. The van der Waals surface area contributed by atoms with Crippen molar-refractivity contribution in [3.8, 4) is 0 Å². The molecule has 1 aromatic rings. The summed E-state index contributed by atoms with van der Waals surface area (Å²) in [6, 6.07) is 6.56. The van der Waals surface area contributed by atoms with E-state index in [1.54, 1.807) is 19.2 Å². The normalized spacial score (nSPS) is 22.4. The molecule has 2 aliphatic heterocycles. The number of carbonyl (C=O) groups excluding carboxylic acids is 1. The van der Waals surface area contributed by atoms with Crippen molar-refractivity contribution in [1.82, 2.24) is 15.1 Å². The van der Waals surface area contributed by atoms with E-state index >= 15 is 0 Å². The maximum atomic E-state index is 13.0. The Morgan fingerprint density at radius 3 is 2.56 bits per heavy atom. The highest BCUT2D eigenvalue weighted by Crippen LogP contribution is 2.20. The molecule has 27 heavy (non-hydrogen) atoms. The molecule has 1 atom stereocenters. The molecule has 2 aliphatic rings. The van der Waals surface area contributed by atoms with Crippen LogP contribution in [0, 0.1) is 5.82 Å². The maximum Gasteiger partial charge on any atom is 0.317 e. The lowest BCUT2D eigenvalue weighted by molar-refractivity contribution is 0.0331. The number of amides is 2. The SMILES string of the molecule is COC1CCN(CC2CCCCCN2C(=O)NCc2ccc(F)cc2)CC1. The van der Waals surface area contributed by atoms with Crippen LogP contribution in [-0.4, -0.2) is 61.3 Å². The molecule has 150 valence electrons. The van der Waals surface area contributed by atoms with Crippen LogP contribution < -0.4 is 5.32 Å². The summed E-state index contributed by atoms with van der Waals surface area (Å²) in [6.45, 7) is 4.27. The lowest BCUT2D eigenvalue weighted by Crippen LogP contribution is -2.51. The Morgan fingerprint density at radius 2 is 1.85 bits per heavy atom. The number of rotatable bonds is 5. The Hall–Kier alpha value is -1.66. The molecule has 1 N–H and O–H groups in total. The van der Waals surface area contributed by atoms with Gasteiger partial charge in [-0.3, -0.25) is 0 Å². The molecule has 5 nitrogen and oxygen atoms in total. The van der Waals surface area contributed by atoms with Crippen LogP contribution in [0.4, 0.5) is 9.18 Å². The zero-order chi connectivity index (χ0) is 19.1. The summed E-state index contributed by atoms with van der Waals surface area (Å²) in [6.07, 6.45) is 7.01. The minimum absolute atomic E-state index is 0.00185. The number of nitrogens with zero attached hydrogens (tertiary/aromatic N) is 2. The zero-order valence-electron chi connectivity index (χ0n) is 16.3. The highest BCUT2D eigenvalue weighted by Gasteiger charge is 2.28. The molecule has 0 aromatic heterocycles. The van der Waals surface area contributed by atoms with E-state index < -0.39 is 0 Å². The largest absolute Gasteiger partial charge is 0.381 e. The van der Waals surface area contributed by atoms with Gasteiger partial charge in [-0.15, -0.1) is 0 Å². The lowest BCUT2D eigenvalue weighted by Gasteiger charge is -2.37. The predicted octanol–water partition coefficient (Wildman–Crippen LogP) is 3.39. The number of urea groups is 1. The molecule has 2 heterocycles. The number of likely N-dealkylation sites (tertiary alicyclic amines) is 2. The highest BCUT2D eigenvalue weighted by molar-refractivity contribution is 5.74. The van der Waals surface area contributed by atoms with Crippen molar-refractivity contribution in [1.29, 1.82) is 0 Å². The van der Waals surface area contributed by atoms with Crippen LogP contribution in [0.15, 0.2) is 24.3 Å². The van der Waals surface area contributed by atoms with Crippen LogP contribution in [0.2, 0.25) is 0 Å². The van der Waals surface area contributed by atoms with Crippen LogP contribution >= 0.6 is 0 Å². The van der Waals surface area contributed by atoms with Gasteiger partial charge in [-0.05, 0) is 43.4 Å². The molecular weight excluding hydrogens is 345 g/mol. The second-order valence-corrected chi connectivity index (χ2v) is 7.72. The first-order valence-electron chi connectivity index (χ1n) is 10.2. The number of halogens is 1. The molecule has 0 spiro atoms. The first-order valence-corrected chi connectivity index (χ1v) is 10.2. The molecule has 2 fully saturated rings. The molecule has 0 bridgehead atoms. The van der Waals surface area contributed by atoms with Crippen molar-refractivity contribution >= 4 is 6.03 Å². The Labute approximate surface area is 161 Å². The summed E-state index contributed by atoms with van der Waals surface area (Å²) >= 11 is 0. The second-order valence-electron chi connectivity index (χ2n) is 7.72. The lowest BCUT2D eigenvalue weighted by atomic mass is 10.0. The number of ether oxygens (including phenoxy) is 1. The Morgan fingerprint density at radius 1 is 1.11 bits per heavy atom. The molecule has 6 heteroatoms. The summed E-state index contributed by atoms with van der Waals surface area (Å²) in [4.78, 5) is 17.3. The van der Waals surface area contributed by atoms with Crippen molar-refractivity contribution in [3.63, 3.8) is 0 Å². The third kappa shape index (κ3) is 5.91. The van der Waals surface area contributed by atoms with Gasteiger partial charge in [-0.2, -0.15) is 0 Å². The van der Waals surface area contributed by atoms with Gasteiger partial charge in [0, 0.05) is 45.9 Å². The summed E-state index contributed by atoms with van der Waals surface area (Å²) in [5.74, 6) is -0.255. The number of hydrogen-bond donors (Lipinski definition) is 1.